The van der Waals surface area contributed by atoms with Crippen LogP contribution in [0.25, 0.3) is 32.7 Å². The van der Waals surface area contributed by atoms with E-state index in [-0.39, 0.29) is 51.1 Å². The number of unbranched alkanes of at least 4 members (excludes halogenated alkanes) is 2. The van der Waals surface area contributed by atoms with Gasteiger partial charge in [-0.05, 0) is 122 Å². The lowest BCUT2D eigenvalue weighted by Crippen LogP contribution is -2.42. The highest BCUT2D eigenvalue weighted by Gasteiger charge is 2.24. The summed E-state index contributed by atoms with van der Waals surface area (Å²) in [5.41, 5.74) is 14.3. The molecule has 1 unspecified atom stereocenters. The summed E-state index contributed by atoms with van der Waals surface area (Å²) in [5, 5.41) is 9.65. The van der Waals surface area contributed by atoms with E-state index in [4.69, 9.17) is 30.4 Å². The second kappa shape index (κ2) is 26.2. The number of hydrogen-bond acceptors (Lipinski definition) is 12. The van der Waals surface area contributed by atoms with Crippen LogP contribution < -0.4 is 31.6 Å². The van der Waals surface area contributed by atoms with Crippen molar-refractivity contribution in [1.82, 2.24) is 20.6 Å². The van der Waals surface area contributed by atoms with Gasteiger partial charge in [-0.25, -0.2) is 9.59 Å². The molecule has 14 nitrogen and oxygen atoms in total. The minimum atomic E-state index is -0.810. The van der Waals surface area contributed by atoms with Gasteiger partial charge in [-0.1, -0.05) is 72.8 Å². The molecule has 0 aliphatic carbocycles. The van der Waals surface area contributed by atoms with Gasteiger partial charge in [-0.2, -0.15) is 0 Å². The summed E-state index contributed by atoms with van der Waals surface area (Å²) >= 11 is 0. The summed E-state index contributed by atoms with van der Waals surface area (Å²) in [5.74, 6) is -0.378. The molecule has 2 heterocycles. The molecule has 4 aromatic carbocycles. The maximum Gasteiger partial charge on any atom is 0.329 e. The van der Waals surface area contributed by atoms with Crippen LogP contribution >= 0.6 is 0 Å². The molecule has 6 rings (SSSR count). The number of aromatic nitrogens is 2. The predicted octanol–water partition coefficient (Wildman–Crippen LogP) is 7.48. The molecule has 6 N–H and O–H groups in total. The summed E-state index contributed by atoms with van der Waals surface area (Å²) < 4.78 is 24.1. The molecule has 2 amide bonds. The number of ether oxygens (including phenoxy) is 4. The Morgan fingerprint density at radius 3 is 1.33 bits per heavy atom. The molecule has 346 valence electrons. The van der Waals surface area contributed by atoms with E-state index in [1.807, 2.05) is 84.9 Å². The molecule has 2 atom stereocenters. The number of carbonyl (C=O) groups is 4. The van der Waals surface area contributed by atoms with Gasteiger partial charge in [0.15, 0.2) is 0 Å². The highest BCUT2D eigenvalue weighted by atomic mass is 16.5. The monoisotopic (exact) mass is 896 g/mol. The maximum absolute atomic E-state index is 13.2. The zero-order valence-corrected chi connectivity index (χ0v) is 37.3. The van der Waals surface area contributed by atoms with Crippen molar-refractivity contribution in [2.45, 2.75) is 89.5 Å². The van der Waals surface area contributed by atoms with Crippen LogP contribution in [-0.4, -0.2) is 72.1 Å². The van der Waals surface area contributed by atoms with Crippen molar-refractivity contribution in [3.05, 3.63) is 133 Å². The van der Waals surface area contributed by atoms with Crippen molar-refractivity contribution in [3.63, 3.8) is 0 Å². The molecular formula is C52H60N6O8. The molecular weight excluding hydrogens is 837 g/mol. The minimum Gasteiger partial charge on any atom is -0.493 e. The Morgan fingerprint density at radius 1 is 0.500 bits per heavy atom. The number of esters is 2. The van der Waals surface area contributed by atoms with Crippen molar-refractivity contribution in [1.29, 1.82) is 0 Å². The third-order valence-electron chi connectivity index (χ3n) is 11.0. The van der Waals surface area contributed by atoms with Gasteiger partial charge in [0.1, 0.15) is 36.8 Å². The highest BCUT2D eigenvalue weighted by Crippen LogP contribution is 2.45. The van der Waals surface area contributed by atoms with Crippen molar-refractivity contribution in [2.24, 2.45) is 11.5 Å². The molecule has 0 saturated heterocycles. The number of nitrogens with two attached hydrogens (primary N) is 2. The number of pyridine rings is 2. The van der Waals surface area contributed by atoms with Gasteiger partial charge in [0, 0.05) is 36.4 Å². The van der Waals surface area contributed by atoms with Crippen LogP contribution in [0, 0.1) is 0 Å². The molecule has 0 fully saturated rings. The Labute approximate surface area is 385 Å². The Hall–Kier alpha value is -6.90. The molecule has 66 heavy (non-hydrogen) atoms. The van der Waals surface area contributed by atoms with E-state index in [1.165, 1.54) is 0 Å². The lowest BCUT2D eigenvalue weighted by atomic mass is 9.92. The molecule has 0 saturated carbocycles. The number of nitrogens with one attached hydrogen (secondary N) is 2. The quantitative estimate of drug-likeness (QED) is 0.0293. The van der Waals surface area contributed by atoms with Crippen LogP contribution in [0.4, 0.5) is 0 Å². The Morgan fingerprint density at radius 2 is 0.924 bits per heavy atom. The molecule has 6 aromatic rings. The van der Waals surface area contributed by atoms with E-state index in [0.717, 1.165) is 32.7 Å². The largest absolute Gasteiger partial charge is 0.493 e. The molecule has 0 aliphatic heterocycles. The van der Waals surface area contributed by atoms with E-state index in [0.29, 0.717) is 87.3 Å². The summed E-state index contributed by atoms with van der Waals surface area (Å²) in [6, 6.07) is 33.1. The molecule has 0 bridgehead atoms. The van der Waals surface area contributed by atoms with Gasteiger partial charge in [-0.15, -0.1) is 0 Å². The van der Waals surface area contributed by atoms with Crippen LogP contribution in [0.1, 0.15) is 75.6 Å². The molecule has 14 heteroatoms. The highest BCUT2D eigenvalue weighted by molar-refractivity contribution is 6.09. The number of amides is 2. The minimum absolute atomic E-state index is 0.0101. The van der Waals surface area contributed by atoms with Crippen molar-refractivity contribution < 1.29 is 38.1 Å². The van der Waals surface area contributed by atoms with Crippen LogP contribution in [-0.2, 0) is 41.9 Å². The number of carbonyl (C=O) groups excluding carboxylic acids is 4. The van der Waals surface area contributed by atoms with E-state index >= 15 is 0 Å². The van der Waals surface area contributed by atoms with Crippen molar-refractivity contribution >= 4 is 45.3 Å². The molecule has 0 spiro atoms. The van der Waals surface area contributed by atoms with Crippen molar-refractivity contribution in [3.8, 4) is 22.6 Å². The maximum atomic E-state index is 13.2. The summed E-state index contributed by atoms with van der Waals surface area (Å²) in [6.45, 7) is 1.43. The average Bonchev–Trinajstić information content (AvgIpc) is 3.35. The van der Waals surface area contributed by atoms with Crippen LogP contribution in [0.15, 0.2) is 122 Å². The Balaban J connectivity index is 1.11. The van der Waals surface area contributed by atoms with Gasteiger partial charge in [0.25, 0.3) is 0 Å². The van der Waals surface area contributed by atoms with E-state index in [2.05, 4.69) is 20.6 Å². The lowest BCUT2D eigenvalue weighted by molar-refractivity contribution is -0.150. The number of hydrogen-bond donors (Lipinski definition) is 4. The lowest BCUT2D eigenvalue weighted by Gasteiger charge is -2.20. The third-order valence-corrected chi connectivity index (χ3v) is 11.0. The first-order valence-electron chi connectivity index (χ1n) is 22.8. The number of benzene rings is 4. The standard InChI is InChI=1S/C52H60N6O8/c53-29-9-5-21-43(51(61)65-35-39-17-7-11-31-55-39)57-47(59)23-13-33-63-45-27-25-37-15-1-3-19-41(37)49(45)50-42-20-4-2-16-38(42)26-28-46(50)64-34-14-24-48(60)58-44(22-6-10-30-54)52(62)66-36-40-18-8-12-32-56-40/h1-4,7-8,11-12,15-20,25-28,31-32,43-44H,5-6,9-10,13-14,21-24,29-30,33-36,53-54H2,(H,57,59)(H,58,60)/t43-,44?/m1/s1. The fraction of sp³-hybridized carbons (Fsp3) is 0.346. The smallest absolute Gasteiger partial charge is 0.329 e. The van der Waals surface area contributed by atoms with Crippen LogP contribution in [0.2, 0.25) is 0 Å². The number of fused-ring (bicyclic) bond motifs is 2. The first-order valence-corrected chi connectivity index (χ1v) is 22.8. The SMILES string of the molecule is NCCCCC(NC(=O)CCCOc1ccc2ccccc2c1-c1c(OCCCC(=O)N[C@H](CCCCN)C(=O)OCc2ccccn2)ccc2ccccc12)C(=O)OCc1ccccn1. The third kappa shape index (κ3) is 14.6. The van der Waals surface area contributed by atoms with Crippen molar-refractivity contribution in [2.75, 3.05) is 26.3 Å². The van der Waals surface area contributed by atoms with Gasteiger partial charge < -0.3 is 41.0 Å². The fourth-order valence-corrected chi connectivity index (χ4v) is 7.56. The van der Waals surface area contributed by atoms with E-state index < -0.39 is 24.0 Å². The van der Waals surface area contributed by atoms with Gasteiger partial charge in [0.2, 0.25) is 11.8 Å². The topological polar surface area (TPSA) is 207 Å². The Kier molecular flexibility index (Phi) is 19.2. The zero-order chi connectivity index (χ0) is 46.4. The van der Waals surface area contributed by atoms with Gasteiger partial charge in [0.05, 0.1) is 24.6 Å². The number of nitrogens with zero attached hydrogens (tertiary/aromatic N) is 2. The molecule has 0 aliphatic rings. The zero-order valence-electron chi connectivity index (χ0n) is 37.3. The summed E-state index contributed by atoms with van der Waals surface area (Å²) in [7, 11) is 0. The fourth-order valence-electron chi connectivity index (χ4n) is 7.56. The number of rotatable bonds is 27. The normalized spacial score (nSPS) is 12.0. The second-order valence-corrected chi connectivity index (χ2v) is 15.9. The van der Waals surface area contributed by atoms with E-state index in [9.17, 15) is 19.2 Å². The molecule has 0 radical (unpaired) electrons. The Bertz CT molecular complexity index is 2320. The first-order chi connectivity index (χ1) is 32.3. The van der Waals surface area contributed by atoms with Crippen LogP contribution in [0.5, 0.6) is 11.5 Å². The average molecular weight is 897 g/mol. The van der Waals surface area contributed by atoms with Crippen LogP contribution in [0.3, 0.4) is 0 Å². The van der Waals surface area contributed by atoms with E-state index in [1.54, 1.807) is 36.7 Å². The van der Waals surface area contributed by atoms with Gasteiger partial charge >= 0.3 is 11.9 Å². The molecule has 2 aromatic heterocycles. The second-order valence-electron chi connectivity index (χ2n) is 15.9. The predicted molar refractivity (Wildman–Crippen MR) is 254 cm³/mol. The van der Waals surface area contributed by atoms with Gasteiger partial charge in [-0.3, -0.25) is 19.6 Å². The first kappa shape index (κ1) is 48.6. The summed E-state index contributed by atoms with van der Waals surface area (Å²) in [6.07, 6.45) is 7.84. The summed E-state index contributed by atoms with van der Waals surface area (Å²) in [4.78, 5) is 61.0.